The standard InChI is InChI=1S/C20H18N2O4S/c1-11-18(23)21-15-8-13(6-7-17(15)27-11)19(24)22-10-14-5-3-2-4-12(14)9-16(22)20(25)26/h2-8,11,16H,9-10H2,1H3,(H,21,23)(H,25,26)/t11-,16-/m0/s1. The minimum atomic E-state index is -1.02. The third-order valence-electron chi connectivity index (χ3n) is 4.95. The number of carboxylic acid groups (broad SMARTS) is 1. The van der Waals surface area contributed by atoms with Gasteiger partial charge in [0.2, 0.25) is 5.91 Å². The van der Waals surface area contributed by atoms with Gasteiger partial charge >= 0.3 is 5.97 Å². The molecule has 0 spiro atoms. The number of carbonyl (C=O) groups excluding carboxylic acids is 2. The highest BCUT2D eigenvalue weighted by Gasteiger charge is 2.35. The molecule has 2 aromatic carbocycles. The lowest BCUT2D eigenvalue weighted by Gasteiger charge is -2.34. The summed E-state index contributed by atoms with van der Waals surface area (Å²) in [5.74, 6) is -1.47. The number of carboxylic acids is 1. The van der Waals surface area contributed by atoms with Gasteiger partial charge in [0, 0.05) is 23.4 Å². The SMILES string of the molecule is C[C@@H]1Sc2ccc(C(=O)N3Cc4ccccc4C[C@H]3C(=O)O)cc2NC1=O. The molecule has 2 aromatic rings. The quantitative estimate of drug-likeness (QED) is 0.834. The number of rotatable bonds is 2. The zero-order valence-corrected chi connectivity index (χ0v) is 15.5. The fourth-order valence-corrected chi connectivity index (χ4v) is 4.40. The predicted octanol–water partition coefficient (Wildman–Crippen LogP) is 2.77. The maximum absolute atomic E-state index is 13.1. The smallest absolute Gasteiger partial charge is 0.326 e. The Kier molecular flexibility index (Phi) is 4.39. The van der Waals surface area contributed by atoms with E-state index in [9.17, 15) is 19.5 Å². The zero-order valence-electron chi connectivity index (χ0n) is 14.6. The third-order valence-corrected chi connectivity index (χ3v) is 6.13. The van der Waals surface area contributed by atoms with Crippen LogP contribution in [0.1, 0.15) is 28.4 Å². The molecule has 6 nitrogen and oxygen atoms in total. The van der Waals surface area contributed by atoms with Crippen molar-refractivity contribution in [1.82, 2.24) is 4.90 Å². The van der Waals surface area contributed by atoms with E-state index in [1.54, 1.807) is 18.2 Å². The van der Waals surface area contributed by atoms with Gasteiger partial charge in [0.25, 0.3) is 5.91 Å². The summed E-state index contributed by atoms with van der Waals surface area (Å²) >= 11 is 1.44. The molecular weight excluding hydrogens is 364 g/mol. The predicted molar refractivity (Wildman–Crippen MR) is 102 cm³/mol. The van der Waals surface area contributed by atoms with Gasteiger partial charge in [-0.2, -0.15) is 0 Å². The van der Waals surface area contributed by atoms with Crippen LogP contribution in [0, 0.1) is 0 Å². The van der Waals surface area contributed by atoms with Crippen LogP contribution in [0.5, 0.6) is 0 Å². The number of aliphatic carboxylic acids is 1. The minimum absolute atomic E-state index is 0.104. The van der Waals surface area contributed by atoms with Crippen molar-refractivity contribution < 1.29 is 19.5 Å². The molecule has 0 saturated carbocycles. The van der Waals surface area contributed by atoms with Gasteiger partial charge in [0.1, 0.15) is 6.04 Å². The molecule has 2 N–H and O–H groups in total. The van der Waals surface area contributed by atoms with Crippen molar-refractivity contribution in [2.24, 2.45) is 0 Å². The van der Waals surface area contributed by atoms with E-state index >= 15 is 0 Å². The summed E-state index contributed by atoms with van der Waals surface area (Å²) in [6, 6.07) is 11.8. The lowest BCUT2D eigenvalue weighted by molar-refractivity contribution is -0.142. The van der Waals surface area contributed by atoms with Crippen LogP contribution >= 0.6 is 11.8 Å². The lowest BCUT2D eigenvalue weighted by atomic mass is 9.93. The van der Waals surface area contributed by atoms with Crippen molar-refractivity contribution in [3.63, 3.8) is 0 Å². The molecule has 0 aliphatic carbocycles. The first-order valence-corrected chi connectivity index (χ1v) is 9.54. The molecule has 0 saturated heterocycles. The van der Waals surface area contributed by atoms with E-state index in [4.69, 9.17) is 0 Å². The van der Waals surface area contributed by atoms with Crippen LogP contribution in [0.2, 0.25) is 0 Å². The number of thioether (sulfide) groups is 1. The van der Waals surface area contributed by atoms with E-state index in [1.807, 2.05) is 31.2 Å². The second kappa shape index (κ2) is 6.74. The number of benzene rings is 2. The maximum Gasteiger partial charge on any atom is 0.326 e. The Labute approximate surface area is 160 Å². The van der Waals surface area contributed by atoms with E-state index in [-0.39, 0.29) is 30.0 Å². The van der Waals surface area contributed by atoms with Gasteiger partial charge in [0.05, 0.1) is 10.9 Å². The van der Waals surface area contributed by atoms with Crippen molar-refractivity contribution in [2.45, 2.75) is 36.1 Å². The van der Waals surface area contributed by atoms with E-state index in [0.29, 0.717) is 11.3 Å². The van der Waals surface area contributed by atoms with E-state index in [1.165, 1.54) is 16.7 Å². The van der Waals surface area contributed by atoms with Gasteiger partial charge in [-0.25, -0.2) is 4.79 Å². The summed E-state index contributed by atoms with van der Waals surface area (Å²) in [5, 5.41) is 12.3. The van der Waals surface area contributed by atoms with Gasteiger partial charge in [-0.15, -0.1) is 11.8 Å². The van der Waals surface area contributed by atoms with Gasteiger partial charge < -0.3 is 15.3 Å². The average Bonchev–Trinajstić information content (AvgIpc) is 2.67. The van der Waals surface area contributed by atoms with Gasteiger partial charge in [-0.05, 0) is 36.2 Å². The van der Waals surface area contributed by atoms with Crippen LogP contribution in [-0.2, 0) is 22.6 Å². The number of hydrogen-bond acceptors (Lipinski definition) is 4. The topological polar surface area (TPSA) is 86.7 Å². The number of carbonyl (C=O) groups is 3. The molecule has 2 amide bonds. The van der Waals surface area contributed by atoms with Crippen molar-refractivity contribution >= 4 is 35.2 Å². The van der Waals surface area contributed by atoms with Gasteiger partial charge in [-0.1, -0.05) is 24.3 Å². The third kappa shape index (κ3) is 3.19. The van der Waals surface area contributed by atoms with Crippen molar-refractivity contribution in [3.8, 4) is 0 Å². The molecule has 0 bridgehead atoms. The summed E-state index contributed by atoms with van der Waals surface area (Å²) in [5.41, 5.74) is 2.88. The van der Waals surface area contributed by atoms with Crippen LogP contribution in [0.3, 0.4) is 0 Å². The molecule has 27 heavy (non-hydrogen) atoms. The summed E-state index contributed by atoms with van der Waals surface area (Å²) in [6.07, 6.45) is 0.284. The number of fused-ring (bicyclic) bond motifs is 2. The van der Waals surface area contributed by atoms with E-state index in [2.05, 4.69) is 5.32 Å². The molecule has 2 aliphatic rings. The van der Waals surface area contributed by atoms with Crippen molar-refractivity contribution in [2.75, 3.05) is 5.32 Å². The first-order valence-electron chi connectivity index (χ1n) is 8.66. The second-order valence-electron chi connectivity index (χ2n) is 6.72. The first-order chi connectivity index (χ1) is 12.9. The van der Waals surface area contributed by atoms with Crippen LogP contribution in [0.25, 0.3) is 0 Å². The van der Waals surface area contributed by atoms with Gasteiger partial charge in [0.15, 0.2) is 0 Å². The number of anilines is 1. The highest BCUT2D eigenvalue weighted by Crippen LogP contribution is 2.36. The van der Waals surface area contributed by atoms with Crippen molar-refractivity contribution in [3.05, 3.63) is 59.2 Å². The van der Waals surface area contributed by atoms with Crippen LogP contribution in [0.15, 0.2) is 47.4 Å². The zero-order chi connectivity index (χ0) is 19.1. The highest BCUT2D eigenvalue weighted by molar-refractivity contribution is 8.00. The highest BCUT2D eigenvalue weighted by atomic mass is 32.2. The summed E-state index contributed by atoms with van der Waals surface area (Å²) in [7, 11) is 0. The molecule has 0 unspecified atom stereocenters. The number of nitrogens with one attached hydrogen (secondary N) is 1. The Morgan fingerprint density at radius 1 is 1.19 bits per heavy atom. The Bertz CT molecular complexity index is 959. The summed E-state index contributed by atoms with van der Waals surface area (Å²) in [4.78, 5) is 39.1. The molecule has 0 aromatic heterocycles. The van der Waals surface area contributed by atoms with E-state index in [0.717, 1.165) is 16.0 Å². The normalized spacial score (nSPS) is 21.1. The van der Waals surface area contributed by atoms with Crippen molar-refractivity contribution in [1.29, 1.82) is 0 Å². The molecule has 2 heterocycles. The number of amides is 2. The van der Waals surface area contributed by atoms with Crippen LogP contribution in [-0.4, -0.2) is 39.1 Å². The van der Waals surface area contributed by atoms with E-state index < -0.39 is 12.0 Å². The molecule has 2 aliphatic heterocycles. The molecule has 2 atom stereocenters. The summed E-state index contributed by atoms with van der Waals surface area (Å²) < 4.78 is 0. The Hall–Kier alpha value is -2.80. The number of nitrogens with zero attached hydrogens (tertiary/aromatic N) is 1. The fraction of sp³-hybridized carbons (Fsp3) is 0.250. The second-order valence-corrected chi connectivity index (χ2v) is 8.10. The molecule has 4 rings (SSSR count). The van der Waals surface area contributed by atoms with Gasteiger partial charge in [-0.3, -0.25) is 9.59 Å². The lowest BCUT2D eigenvalue weighted by Crippen LogP contribution is -2.48. The van der Waals surface area contributed by atoms with Crippen LogP contribution < -0.4 is 5.32 Å². The molecule has 0 fully saturated rings. The Morgan fingerprint density at radius 3 is 2.67 bits per heavy atom. The molecule has 7 heteroatoms. The largest absolute Gasteiger partial charge is 0.480 e. The minimum Gasteiger partial charge on any atom is -0.480 e. The molecule has 138 valence electrons. The molecular formula is C20H18N2O4S. The fourth-order valence-electron chi connectivity index (χ4n) is 3.46. The maximum atomic E-state index is 13.1. The number of hydrogen-bond donors (Lipinski definition) is 2. The van der Waals surface area contributed by atoms with Crippen LogP contribution in [0.4, 0.5) is 5.69 Å². The first kappa shape index (κ1) is 17.6. The Morgan fingerprint density at radius 2 is 1.93 bits per heavy atom. The molecule has 0 radical (unpaired) electrons. The average molecular weight is 382 g/mol. The summed E-state index contributed by atoms with van der Waals surface area (Å²) in [6.45, 7) is 2.08. The Balaban J connectivity index is 1.66. The monoisotopic (exact) mass is 382 g/mol.